The predicted octanol–water partition coefficient (Wildman–Crippen LogP) is 4.46. The number of rotatable bonds is 8. The molecule has 0 saturated carbocycles. The van der Waals surface area contributed by atoms with Crippen LogP contribution in [0.3, 0.4) is 0 Å². The molecule has 2 aliphatic rings. The number of ether oxygens (including phenoxy) is 2. The lowest BCUT2D eigenvalue weighted by Gasteiger charge is -2.37. The Bertz CT molecular complexity index is 1310. The Morgan fingerprint density at radius 3 is 2.61 bits per heavy atom. The maximum atomic E-state index is 12.4. The zero-order chi connectivity index (χ0) is 27.4. The number of hydrogen-bond acceptors (Lipinski definition) is 6. The molecule has 9 nitrogen and oxygen atoms in total. The smallest absolute Gasteiger partial charge is 0.231 e. The summed E-state index contributed by atoms with van der Waals surface area (Å²) in [5, 5.41) is 20.2. The second-order valence-electron chi connectivity index (χ2n) is 10.2. The van der Waals surface area contributed by atoms with Crippen LogP contribution in [-0.4, -0.2) is 46.5 Å². The zero-order valence-electron chi connectivity index (χ0n) is 22.6. The van der Waals surface area contributed by atoms with Crippen LogP contribution in [0.1, 0.15) is 55.4 Å². The first-order valence-electron chi connectivity index (χ1n) is 12.8. The van der Waals surface area contributed by atoms with Gasteiger partial charge in [-0.1, -0.05) is 0 Å². The van der Waals surface area contributed by atoms with E-state index in [2.05, 4.69) is 20.2 Å². The molecule has 38 heavy (non-hydrogen) atoms. The normalized spacial score (nSPS) is 21.0. The van der Waals surface area contributed by atoms with Crippen LogP contribution in [-0.2, 0) is 26.7 Å². The summed E-state index contributed by atoms with van der Waals surface area (Å²) < 4.78 is 16.7. The molecule has 10 heteroatoms. The van der Waals surface area contributed by atoms with Gasteiger partial charge in [-0.3, -0.25) is 9.59 Å². The van der Waals surface area contributed by atoms with Crippen LogP contribution in [0.4, 0.5) is 5.69 Å². The highest BCUT2D eigenvalue weighted by atomic mass is 32.2. The van der Waals surface area contributed by atoms with Crippen molar-refractivity contribution >= 4 is 33.9 Å². The van der Waals surface area contributed by atoms with E-state index in [0.29, 0.717) is 48.3 Å². The lowest BCUT2D eigenvalue weighted by Crippen LogP contribution is -2.42. The molecule has 2 heterocycles. The number of nitrogens with zero attached hydrogens (tertiary/aromatic N) is 2. The van der Waals surface area contributed by atoms with Crippen molar-refractivity contribution in [2.75, 3.05) is 23.6 Å². The van der Waals surface area contributed by atoms with Gasteiger partial charge in [0.05, 0.1) is 11.6 Å². The molecule has 2 aromatic carbocycles. The van der Waals surface area contributed by atoms with E-state index in [0.717, 1.165) is 46.6 Å². The van der Waals surface area contributed by atoms with Gasteiger partial charge in [0.2, 0.25) is 11.8 Å². The third-order valence-corrected chi connectivity index (χ3v) is 8.43. The first-order valence-corrected chi connectivity index (χ1v) is 14.3. The fraction of sp³-hybridized carbons (Fsp3) is 0.464. The number of carbonyl (C=O) groups excluding carboxylic acids is 2. The second kappa shape index (κ2) is 11.6. The van der Waals surface area contributed by atoms with Gasteiger partial charge in [0.15, 0.2) is 0 Å². The molecule has 2 unspecified atom stereocenters. The molecule has 0 radical (unpaired) electrons. The maximum absolute atomic E-state index is 12.4. The molecule has 2 atom stereocenters. The third kappa shape index (κ3) is 6.53. The second-order valence-corrected chi connectivity index (χ2v) is 11.9. The van der Waals surface area contributed by atoms with Crippen LogP contribution in [0.15, 0.2) is 33.8 Å². The summed E-state index contributed by atoms with van der Waals surface area (Å²) in [6, 6.07) is 7.29. The Kier molecular flexibility index (Phi) is 8.40. The van der Waals surface area contributed by atoms with E-state index in [9.17, 15) is 14.7 Å². The van der Waals surface area contributed by atoms with E-state index in [1.54, 1.807) is 0 Å². The number of amides is 2. The number of phenolic OH excluding ortho intramolecular Hbond substituents is 1. The van der Waals surface area contributed by atoms with E-state index < -0.39 is 16.3 Å². The molecule has 0 aromatic heterocycles. The van der Waals surface area contributed by atoms with Gasteiger partial charge < -0.3 is 25.2 Å². The summed E-state index contributed by atoms with van der Waals surface area (Å²) >= 11 is 0. The number of hydrogen-bond donors (Lipinski definition) is 3. The molecule has 2 amide bonds. The summed E-state index contributed by atoms with van der Waals surface area (Å²) in [5.74, 6) is 2.73. The number of phenols is 1. The first-order chi connectivity index (χ1) is 18.0. The van der Waals surface area contributed by atoms with E-state index in [4.69, 9.17) is 9.47 Å². The highest BCUT2D eigenvalue weighted by Crippen LogP contribution is 2.43. The van der Waals surface area contributed by atoms with Gasteiger partial charge >= 0.3 is 0 Å². The van der Waals surface area contributed by atoms with Crippen molar-refractivity contribution in [2.45, 2.75) is 65.9 Å². The van der Waals surface area contributed by atoms with Crippen molar-refractivity contribution in [1.29, 1.82) is 0 Å². The number of carbonyl (C=O) groups is 2. The minimum absolute atomic E-state index is 0.00477. The molecule has 0 bridgehead atoms. The largest absolute Gasteiger partial charge is 0.507 e. The molecule has 1 fully saturated rings. The van der Waals surface area contributed by atoms with Crippen LogP contribution < -0.4 is 20.1 Å². The Balaban J connectivity index is 1.27. The van der Waals surface area contributed by atoms with Crippen molar-refractivity contribution in [3.05, 3.63) is 46.5 Å². The first kappa shape index (κ1) is 27.6. The van der Waals surface area contributed by atoms with Crippen LogP contribution in [0, 0.1) is 20.8 Å². The van der Waals surface area contributed by atoms with Crippen molar-refractivity contribution in [3.63, 3.8) is 0 Å². The average Bonchev–Trinajstić information content (AvgIpc) is 3.33. The molecular weight excluding hydrogens is 504 g/mol. The van der Waals surface area contributed by atoms with E-state index in [1.165, 1.54) is 0 Å². The molecule has 0 spiro atoms. The van der Waals surface area contributed by atoms with Gasteiger partial charge in [-0.05, 0) is 106 Å². The fourth-order valence-corrected chi connectivity index (χ4v) is 5.64. The molecule has 3 N–H and O–H groups in total. The fourth-order valence-electron chi connectivity index (χ4n) is 4.44. The Hall–Kier alpha value is -3.40. The minimum Gasteiger partial charge on any atom is -0.507 e. The zero-order valence-corrected chi connectivity index (χ0v) is 23.5. The SMILES string of the molecule is C/C(CCC(=O)Nc1ccc(OCC2(C)CCc3c(C)c(O)c(C)c(C)c3O2)cc1)=N\N=S1/CNC(=O)C1. The van der Waals surface area contributed by atoms with Crippen molar-refractivity contribution < 1.29 is 24.2 Å². The lowest BCUT2D eigenvalue weighted by molar-refractivity contribution is -0.118. The summed E-state index contributed by atoms with van der Waals surface area (Å²) in [5.41, 5.74) is 4.73. The van der Waals surface area contributed by atoms with Crippen LogP contribution in [0.25, 0.3) is 0 Å². The minimum atomic E-state index is -0.490. The van der Waals surface area contributed by atoms with Gasteiger partial charge in [-0.15, -0.1) is 4.47 Å². The van der Waals surface area contributed by atoms with Gasteiger partial charge in [0, 0.05) is 23.4 Å². The quantitative estimate of drug-likeness (QED) is 0.337. The van der Waals surface area contributed by atoms with E-state index in [-0.39, 0.29) is 11.8 Å². The number of anilines is 1. The molecule has 4 rings (SSSR count). The molecule has 204 valence electrons. The Labute approximate surface area is 226 Å². The molecule has 2 aliphatic heterocycles. The highest BCUT2D eigenvalue weighted by molar-refractivity contribution is 7.88. The highest BCUT2D eigenvalue weighted by Gasteiger charge is 2.35. The summed E-state index contributed by atoms with van der Waals surface area (Å²) in [6.07, 6.45) is 2.39. The average molecular weight is 541 g/mol. The van der Waals surface area contributed by atoms with Gasteiger partial charge in [0.1, 0.15) is 29.5 Å². The Morgan fingerprint density at radius 2 is 1.92 bits per heavy atom. The standard InChI is InChI=1S/C28H36N4O5S/c1-17(31-32-38-14-25(34)29-16-38)6-11-24(33)30-21-7-9-22(10-8-21)36-15-28(5)13-12-23-20(4)26(35)18(2)19(3)27(23)37-28/h7-10,35H,6,11-16H2,1-5H3,(H,29,34)(H,30,33)/b31-17+. The van der Waals surface area contributed by atoms with Crippen molar-refractivity contribution in [3.8, 4) is 17.2 Å². The van der Waals surface area contributed by atoms with E-state index >= 15 is 0 Å². The number of aromatic hydroxyl groups is 1. The molecule has 2 aromatic rings. The topological polar surface area (TPSA) is 122 Å². The summed E-state index contributed by atoms with van der Waals surface area (Å²) in [7, 11) is -0.399. The van der Waals surface area contributed by atoms with E-state index in [1.807, 2.05) is 58.9 Å². The van der Waals surface area contributed by atoms with Crippen molar-refractivity contribution in [1.82, 2.24) is 5.32 Å². The van der Waals surface area contributed by atoms with Crippen LogP contribution in [0.2, 0.25) is 0 Å². The van der Waals surface area contributed by atoms with Gasteiger partial charge in [0.25, 0.3) is 0 Å². The summed E-state index contributed by atoms with van der Waals surface area (Å²) in [4.78, 5) is 23.6. The van der Waals surface area contributed by atoms with Crippen molar-refractivity contribution in [2.24, 2.45) is 9.57 Å². The Morgan fingerprint density at radius 1 is 1.18 bits per heavy atom. The van der Waals surface area contributed by atoms with Gasteiger partial charge in [-0.2, -0.15) is 5.10 Å². The third-order valence-electron chi connectivity index (χ3n) is 7.05. The maximum Gasteiger partial charge on any atom is 0.231 e. The predicted molar refractivity (Wildman–Crippen MR) is 150 cm³/mol. The molecule has 0 aliphatic carbocycles. The van der Waals surface area contributed by atoms with Gasteiger partial charge in [-0.25, -0.2) is 0 Å². The lowest BCUT2D eigenvalue weighted by atomic mass is 9.87. The number of benzene rings is 2. The molecular formula is C28H36N4O5S. The summed E-state index contributed by atoms with van der Waals surface area (Å²) in [6.45, 7) is 10.1. The number of fused-ring (bicyclic) bond motifs is 1. The van der Waals surface area contributed by atoms with Crippen LogP contribution in [0.5, 0.6) is 17.2 Å². The number of nitrogens with one attached hydrogen (secondary N) is 2. The molecule has 1 saturated heterocycles. The van der Waals surface area contributed by atoms with Crippen LogP contribution >= 0.6 is 0 Å². The monoisotopic (exact) mass is 540 g/mol.